The molecule has 0 aromatic carbocycles. The van der Waals surface area contributed by atoms with Crippen LogP contribution in [0.4, 0.5) is 11.6 Å². The average molecular weight is 467 g/mol. The lowest BCUT2D eigenvalue weighted by Crippen LogP contribution is -2.45. The molecule has 2 unspecified atom stereocenters. The molecule has 2 saturated heterocycles. The van der Waals surface area contributed by atoms with E-state index in [1.165, 1.54) is 18.5 Å². The number of β-amino-alcohol motifs (C(OH)–C–C–N with tert-alkyl or cyclic N) is 1. The van der Waals surface area contributed by atoms with E-state index in [1.807, 2.05) is 22.9 Å². The lowest BCUT2D eigenvalue weighted by Gasteiger charge is -2.37. The summed E-state index contributed by atoms with van der Waals surface area (Å²) in [5.74, 6) is 0.672. The van der Waals surface area contributed by atoms with Crippen LogP contribution in [0.25, 0.3) is 5.65 Å². The number of likely N-dealkylation sites (tertiary alicyclic amines) is 1. The molecule has 33 heavy (non-hydrogen) atoms. The standard InChI is InChI=1S/C25H31ClN6O/c1-17-4-5-19(15-20(17)26)30-12-6-18(7-13-30)27-24-28-23-21(3-2-11-32(23)29-24)31-14-10-25(8-9-25)22(33)16-31/h2-5,11,15,18,20,22,33H,1,6-10,12-14,16H2,(H,27,29). The fourth-order valence-electron chi connectivity index (χ4n) is 5.45. The summed E-state index contributed by atoms with van der Waals surface area (Å²) in [5, 5.41) is 18.8. The number of pyridine rings is 1. The Labute approximate surface area is 199 Å². The first-order valence-electron chi connectivity index (χ1n) is 12.0. The van der Waals surface area contributed by atoms with Crippen molar-refractivity contribution < 1.29 is 5.11 Å². The number of aromatic nitrogens is 3. The monoisotopic (exact) mass is 466 g/mol. The van der Waals surface area contributed by atoms with Crippen molar-refractivity contribution in [1.82, 2.24) is 19.5 Å². The van der Waals surface area contributed by atoms with Gasteiger partial charge in [-0.15, -0.1) is 16.7 Å². The van der Waals surface area contributed by atoms with Crippen LogP contribution in [-0.2, 0) is 0 Å². The fraction of sp³-hybridized carbons (Fsp3) is 0.520. The van der Waals surface area contributed by atoms with Gasteiger partial charge in [0.2, 0.25) is 5.95 Å². The summed E-state index contributed by atoms with van der Waals surface area (Å²) in [4.78, 5) is 9.50. The lowest BCUT2D eigenvalue weighted by molar-refractivity contribution is 0.0777. The number of rotatable bonds is 4. The van der Waals surface area contributed by atoms with Crippen molar-refractivity contribution in [1.29, 1.82) is 0 Å². The maximum absolute atomic E-state index is 10.6. The second kappa shape index (κ2) is 8.06. The molecular formula is C25H31ClN6O. The second-order valence-electron chi connectivity index (χ2n) is 9.98. The Bertz CT molecular complexity index is 1130. The Morgan fingerprint density at radius 2 is 1.94 bits per heavy atom. The van der Waals surface area contributed by atoms with E-state index in [-0.39, 0.29) is 16.9 Å². The molecule has 2 aromatic heterocycles. The molecule has 7 nitrogen and oxygen atoms in total. The van der Waals surface area contributed by atoms with Gasteiger partial charge in [0.25, 0.3) is 0 Å². The third-order valence-electron chi connectivity index (χ3n) is 7.89. The maximum Gasteiger partial charge on any atom is 0.243 e. The Balaban J connectivity index is 1.12. The van der Waals surface area contributed by atoms with Gasteiger partial charge in [0, 0.05) is 44.1 Å². The third-order valence-corrected chi connectivity index (χ3v) is 8.29. The molecule has 8 heteroatoms. The number of aliphatic hydroxyl groups is 1. The highest BCUT2D eigenvalue weighted by atomic mass is 35.5. The quantitative estimate of drug-likeness (QED) is 0.671. The smallest absolute Gasteiger partial charge is 0.243 e. The van der Waals surface area contributed by atoms with Gasteiger partial charge < -0.3 is 20.2 Å². The van der Waals surface area contributed by atoms with E-state index in [4.69, 9.17) is 21.7 Å². The van der Waals surface area contributed by atoms with Gasteiger partial charge in [0.1, 0.15) is 0 Å². The molecule has 2 atom stereocenters. The van der Waals surface area contributed by atoms with E-state index < -0.39 is 0 Å². The molecule has 0 bridgehead atoms. The minimum Gasteiger partial charge on any atom is -0.391 e. The molecule has 2 aliphatic heterocycles. The lowest BCUT2D eigenvalue weighted by atomic mass is 9.90. The topological polar surface area (TPSA) is 68.9 Å². The molecule has 6 rings (SSSR count). The normalized spacial score (nSPS) is 27.3. The molecule has 1 spiro atoms. The molecule has 0 radical (unpaired) electrons. The largest absolute Gasteiger partial charge is 0.391 e. The highest BCUT2D eigenvalue weighted by Gasteiger charge is 2.51. The summed E-state index contributed by atoms with van der Waals surface area (Å²) in [5.41, 5.74) is 4.23. The molecule has 174 valence electrons. The van der Waals surface area contributed by atoms with Crippen molar-refractivity contribution in [2.45, 2.75) is 49.6 Å². The first-order chi connectivity index (χ1) is 16.0. The van der Waals surface area contributed by atoms with Gasteiger partial charge in [-0.25, -0.2) is 4.52 Å². The molecule has 3 fully saturated rings. The van der Waals surface area contributed by atoms with Crippen molar-refractivity contribution in [3.8, 4) is 0 Å². The number of hydrogen-bond acceptors (Lipinski definition) is 6. The number of alkyl halides is 1. The van der Waals surface area contributed by atoms with Crippen LogP contribution in [0.1, 0.15) is 32.1 Å². The molecule has 4 aliphatic rings. The zero-order chi connectivity index (χ0) is 22.6. The number of hydrogen-bond donors (Lipinski definition) is 2. The molecular weight excluding hydrogens is 436 g/mol. The summed E-state index contributed by atoms with van der Waals surface area (Å²) in [6.45, 7) is 7.55. The van der Waals surface area contributed by atoms with Crippen molar-refractivity contribution in [3.63, 3.8) is 0 Å². The predicted octanol–water partition coefficient (Wildman–Crippen LogP) is 3.57. The number of anilines is 2. The van der Waals surface area contributed by atoms with Crippen molar-refractivity contribution >= 4 is 28.9 Å². The predicted molar refractivity (Wildman–Crippen MR) is 132 cm³/mol. The van der Waals surface area contributed by atoms with Crippen LogP contribution in [0, 0.1) is 5.41 Å². The fourth-order valence-corrected chi connectivity index (χ4v) is 5.65. The summed E-state index contributed by atoms with van der Waals surface area (Å²) in [7, 11) is 0. The van der Waals surface area contributed by atoms with E-state index in [1.54, 1.807) is 0 Å². The Morgan fingerprint density at radius 3 is 2.67 bits per heavy atom. The molecule has 1 saturated carbocycles. The van der Waals surface area contributed by atoms with Gasteiger partial charge in [-0.2, -0.15) is 4.98 Å². The zero-order valence-corrected chi connectivity index (χ0v) is 19.6. The molecule has 2 aromatic rings. The number of aliphatic hydroxyl groups excluding tert-OH is 1. The summed E-state index contributed by atoms with van der Waals surface area (Å²) in [6.07, 6.45) is 13.3. The summed E-state index contributed by atoms with van der Waals surface area (Å²) >= 11 is 6.35. The molecule has 4 heterocycles. The molecule has 0 amide bonds. The third kappa shape index (κ3) is 3.91. The highest BCUT2D eigenvalue weighted by Crippen LogP contribution is 2.54. The van der Waals surface area contributed by atoms with Crippen molar-refractivity contribution in [3.05, 3.63) is 54.4 Å². The van der Waals surface area contributed by atoms with Crippen molar-refractivity contribution in [2.24, 2.45) is 5.41 Å². The van der Waals surface area contributed by atoms with Crippen molar-refractivity contribution in [2.75, 3.05) is 36.4 Å². The first kappa shape index (κ1) is 21.1. The number of nitrogens with zero attached hydrogens (tertiary/aromatic N) is 5. The number of nitrogens with one attached hydrogen (secondary N) is 1. The summed E-state index contributed by atoms with van der Waals surface area (Å²) < 4.78 is 1.85. The number of fused-ring (bicyclic) bond motifs is 1. The highest BCUT2D eigenvalue weighted by molar-refractivity contribution is 6.24. The van der Waals surface area contributed by atoms with E-state index >= 15 is 0 Å². The van der Waals surface area contributed by atoms with Crippen LogP contribution in [0.3, 0.4) is 0 Å². The number of allylic oxidation sites excluding steroid dienone is 4. The SMILES string of the molecule is C=C1C=CC(N2CCC(Nc3nc4c(N5CCC6(CC6)C(O)C5)cccn4n3)CC2)=CC1Cl. The number of halogens is 1. The van der Waals surface area contributed by atoms with Gasteiger partial charge >= 0.3 is 0 Å². The maximum atomic E-state index is 10.6. The van der Waals surface area contributed by atoms with Crippen LogP contribution in [0.5, 0.6) is 0 Å². The van der Waals surface area contributed by atoms with Gasteiger partial charge in [0.15, 0.2) is 5.65 Å². The van der Waals surface area contributed by atoms with Gasteiger partial charge in [-0.3, -0.25) is 0 Å². The average Bonchev–Trinajstić information content (AvgIpc) is 3.48. The van der Waals surface area contributed by atoms with Gasteiger partial charge in [0.05, 0.1) is 17.2 Å². The van der Waals surface area contributed by atoms with Crippen LogP contribution >= 0.6 is 11.6 Å². The van der Waals surface area contributed by atoms with Crippen LogP contribution in [0.15, 0.2) is 54.4 Å². The van der Waals surface area contributed by atoms with Crippen LogP contribution in [0.2, 0.25) is 0 Å². The minimum atomic E-state index is -0.251. The minimum absolute atomic E-state index is 0.118. The van der Waals surface area contributed by atoms with Gasteiger partial charge in [-0.1, -0.05) is 12.7 Å². The van der Waals surface area contributed by atoms with E-state index in [2.05, 4.69) is 39.9 Å². The van der Waals surface area contributed by atoms with E-state index in [9.17, 15) is 5.11 Å². The number of piperidine rings is 2. The Kier molecular flexibility index (Phi) is 5.14. The first-order valence-corrected chi connectivity index (χ1v) is 12.5. The van der Waals surface area contributed by atoms with Crippen LogP contribution in [-0.4, -0.2) is 68.3 Å². The van der Waals surface area contributed by atoms with Gasteiger partial charge in [-0.05, 0) is 67.4 Å². The van der Waals surface area contributed by atoms with E-state index in [0.717, 1.165) is 55.8 Å². The Morgan fingerprint density at radius 1 is 1.12 bits per heavy atom. The van der Waals surface area contributed by atoms with E-state index in [0.29, 0.717) is 18.5 Å². The molecule has 2 N–H and O–H groups in total. The molecule has 2 aliphatic carbocycles. The second-order valence-corrected chi connectivity index (χ2v) is 10.4. The summed E-state index contributed by atoms with van der Waals surface area (Å²) in [6, 6.07) is 4.44. The van der Waals surface area contributed by atoms with Crippen LogP contribution < -0.4 is 10.2 Å². The zero-order valence-electron chi connectivity index (χ0n) is 18.8. The Hall–Kier alpha value is -2.51.